The summed E-state index contributed by atoms with van der Waals surface area (Å²) in [6.45, 7) is 7.61. The fraction of sp³-hybridized carbons (Fsp3) is 0.381. The molecule has 1 N–H and O–H groups in total. The predicted molar refractivity (Wildman–Crippen MR) is 119 cm³/mol. The van der Waals surface area contributed by atoms with Crippen molar-refractivity contribution in [1.29, 1.82) is 0 Å². The highest BCUT2D eigenvalue weighted by Gasteiger charge is 2.21. The van der Waals surface area contributed by atoms with Gasteiger partial charge in [0.05, 0.1) is 6.61 Å². The van der Waals surface area contributed by atoms with Crippen molar-refractivity contribution in [3.63, 3.8) is 0 Å². The molecule has 0 fully saturated rings. The van der Waals surface area contributed by atoms with Crippen LogP contribution in [0.2, 0.25) is 0 Å². The Morgan fingerprint density at radius 1 is 1.03 bits per heavy atom. The maximum Gasteiger partial charge on any atom is 0.265 e. The van der Waals surface area contributed by atoms with Crippen LogP contribution < -0.4 is 9.46 Å². The number of anilines is 1. The summed E-state index contributed by atoms with van der Waals surface area (Å²) in [7, 11) is -3.86. The van der Waals surface area contributed by atoms with E-state index in [1.165, 1.54) is 6.07 Å². The van der Waals surface area contributed by atoms with Crippen LogP contribution in [0.1, 0.15) is 44.0 Å². The number of nitrogens with one attached hydrogen (secondary N) is 1. The van der Waals surface area contributed by atoms with E-state index in [1.54, 1.807) is 43.3 Å². The van der Waals surface area contributed by atoms with Crippen LogP contribution in [-0.2, 0) is 10.0 Å². The van der Waals surface area contributed by atoms with E-state index in [1.807, 2.05) is 18.7 Å². The molecule has 0 atom stereocenters. The second-order valence-corrected chi connectivity index (χ2v) is 9.07. The molecule has 0 aliphatic heterocycles. The molecule has 29 heavy (non-hydrogen) atoms. The van der Waals surface area contributed by atoms with E-state index < -0.39 is 10.0 Å². The molecule has 6 nitrogen and oxygen atoms in total. The predicted octanol–water partition coefficient (Wildman–Crippen LogP) is 4.91. The molecule has 0 saturated carbocycles. The standard InChI is InChI=1S/C21H27BrN2O4S/c1-4-13-24(14-5-2)21(25)16-7-10-18(11-8-16)23-29(26,27)20-15-17(22)9-12-19(20)28-6-3/h7-12,15,23H,4-6,13-14H2,1-3H3. The van der Waals surface area contributed by atoms with Crippen LogP contribution in [0.25, 0.3) is 0 Å². The summed E-state index contributed by atoms with van der Waals surface area (Å²) in [5.74, 6) is 0.235. The Bertz CT molecular complexity index is 924. The first-order valence-corrected chi connectivity index (χ1v) is 11.9. The second-order valence-electron chi connectivity index (χ2n) is 6.50. The number of carbonyl (C=O) groups is 1. The van der Waals surface area contributed by atoms with Crippen LogP contribution in [0.4, 0.5) is 5.69 Å². The number of ether oxygens (including phenoxy) is 1. The van der Waals surface area contributed by atoms with Gasteiger partial charge in [-0.15, -0.1) is 0 Å². The van der Waals surface area contributed by atoms with Crippen molar-refractivity contribution < 1.29 is 17.9 Å². The number of hydrogen-bond acceptors (Lipinski definition) is 4. The lowest BCUT2D eigenvalue weighted by Gasteiger charge is -2.21. The van der Waals surface area contributed by atoms with Gasteiger partial charge in [-0.05, 0) is 62.2 Å². The zero-order chi connectivity index (χ0) is 21.4. The van der Waals surface area contributed by atoms with Crippen LogP contribution in [0.3, 0.4) is 0 Å². The molecule has 158 valence electrons. The van der Waals surface area contributed by atoms with Gasteiger partial charge in [-0.2, -0.15) is 0 Å². The lowest BCUT2D eigenvalue weighted by atomic mass is 10.1. The quantitative estimate of drug-likeness (QED) is 0.521. The molecule has 0 spiro atoms. The summed E-state index contributed by atoms with van der Waals surface area (Å²) >= 11 is 3.30. The first-order valence-electron chi connectivity index (χ1n) is 9.66. The number of sulfonamides is 1. The number of nitrogens with zero attached hydrogens (tertiary/aromatic N) is 1. The smallest absolute Gasteiger partial charge is 0.265 e. The Hall–Kier alpha value is -2.06. The lowest BCUT2D eigenvalue weighted by Crippen LogP contribution is -2.32. The van der Waals surface area contributed by atoms with Gasteiger partial charge in [0.2, 0.25) is 0 Å². The third-order valence-corrected chi connectivity index (χ3v) is 6.05. The van der Waals surface area contributed by atoms with Gasteiger partial charge in [0.1, 0.15) is 10.6 Å². The van der Waals surface area contributed by atoms with Gasteiger partial charge in [-0.1, -0.05) is 29.8 Å². The minimum atomic E-state index is -3.86. The fourth-order valence-corrected chi connectivity index (χ4v) is 4.64. The molecule has 2 rings (SSSR count). The zero-order valence-corrected chi connectivity index (χ0v) is 19.3. The SMILES string of the molecule is CCCN(CCC)C(=O)c1ccc(NS(=O)(=O)c2cc(Br)ccc2OCC)cc1. The number of benzene rings is 2. The van der Waals surface area contributed by atoms with Crippen molar-refractivity contribution in [3.05, 3.63) is 52.5 Å². The number of rotatable bonds is 10. The number of hydrogen-bond donors (Lipinski definition) is 1. The summed E-state index contributed by atoms with van der Waals surface area (Å²) in [5, 5.41) is 0. The van der Waals surface area contributed by atoms with Crippen molar-refractivity contribution in [2.45, 2.75) is 38.5 Å². The maximum atomic E-state index is 12.9. The average molecular weight is 483 g/mol. The number of carbonyl (C=O) groups excluding carboxylic acids is 1. The topological polar surface area (TPSA) is 75.7 Å². The van der Waals surface area contributed by atoms with Crippen LogP contribution in [0.15, 0.2) is 51.8 Å². The van der Waals surface area contributed by atoms with E-state index in [4.69, 9.17) is 4.74 Å². The molecule has 0 unspecified atom stereocenters. The molecule has 8 heteroatoms. The van der Waals surface area contributed by atoms with Gasteiger partial charge < -0.3 is 9.64 Å². The summed E-state index contributed by atoms with van der Waals surface area (Å²) in [6.07, 6.45) is 1.77. The highest BCUT2D eigenvalue weighted by Crippen LogP contribution is 2.29. The third kappa shape index (κ3) is 6.21. The molecule has 2 aromatic carbocycles. The van der Waals surface area contributed by atoms with E-state index in [-0.39, 0.29) is 16.6 Å². The zero-order valence-electron chi connectivity index (χ0n) is 16.9. The van der Waals surface area contributed by atoms with Gasteiger partial charge in [-0.25, -0.2) is 8.42 Å². The first kappa shape index (κ1) is 23.2. The van der Waals surface area contributed by atoms with Crippen molar-refractivity contribution in [3.8, 4) is 5.75 Å². The van der Waals surface area contributed by atoms with E-state index >= 15 is 0 Å². The molecule has 2 aromatic rings. The average Bonchev–Trinajstić information content (AvgIpc) is 2.69. The fourth-order valence-electron chi connectivity index (χ4n) is 2.89. The van der Waals surface area contributed by atoms with E-state index in [0.717, 1.165) is 12.8 Å². The minimum Gasteiger partial charge on any atom is -0.492 e. The molecule has 0 radical (unpaired) electrons. The first-order chi connectivity index (χ1) is 13.8. The largest absolute Gasteiger partial charge is 0.492 e. The monoisotopic (exact) mass is 482 g/mol. The van der Waals surface area contributed by atoms with Gasteiger partial charge >= 0.3 is 0 Å². The van der Waals surface area contributed by atoms with E-state index in [2.05, 4.69) is 20.7 Å². The number of halogens is 1. The van der Waals surface area contributed by atoms with Crippen LogP contribution in [0.5, 0.6) is 5.75 Å². The Balaban J connectivity index is 2.23. The van der Waals surface area contributed by atoms with Gasteiger partial charge in [0.15, 0.2) is 0 Å². The van der Waals surface area contributed by atoms with E-state index in [9.17, 15) is 13.2 Å². The molecule has 0 aliphatic rings. The van der Waals surface area contributed by atoms with Crippen LogP contribution >= 0.6 is 15.9 Å². The van der Waals surface area contributed by atoms with Crippen LogP contribution in [0, 0.1) is 0 Å². The van der Waals surface area contributed by atoms with Crippen molar-refractivity contribution in [1.82, 2.24) is 4.90 Å². The molecule has 0 heterocycles. The van der Waals surface area contributed by atoms with Crippen molar-refractivity contribution >= 4 is 37.5 Å². The van der Waals surface area contributed by atoms with Gasteiger partial charge in [-0.3, -0.25) is 9.52 Å². The molecule has 0 aliphatic carbocycles. The van der Waals surface area contributed by atoms with Gasteiger partial charge in [0.25, 0.3) is 15.9 Å². The summed E-state index contributed by atoms with van der Waals surface area (Å²) in [4.78, 5) is 14.5. The summed E-state index contributed by atoms with van der Waals surface area (Å²) in [5.41, 5.74) is 0.911. The number of amides is 1. The van der Waals surface area contributed by atoms with Crippen molar-refractivity contribution in [2.75, 3.05) is 24.4 Å². The Labute approximate surface area is 181 Å². The van der Waals surface area contributed by atoms with E-state index in [0.29, 0.717) is 35.4 Å². The molecule has 0 bridgehead atoms. The normalized spacial score (nSPS) is 11.2. The molecular formula is C21H27BrN2O4S. The Morgan fingerprint density at radius 3 is 2.21 bits per heavy atom. The molecular weight excluding hydrogens is 456 g/mol. The van der Waals surface area contributed by atoms with Crippen LogP contribution in [-0.4, -0.2) is 38.9 Å². The van der Waals surface area contributed by atoms with Gasteiger partial charge in [0, 0.05) is 28.8 Å². The minimum absolute atomic E-state index is 0.0472. The Morgan fingerprint density at radius 2 is 1.66 bits per heavy atom. The summed E-state index contributed by atoms with van der Waals surface area (Å²) in [6, 6.07) is 11.3. The molecule has 0 aromatic heterocycles. The third-order valence-electron chi connectivity index (χ3n) is 4.15. The lowest BCUT2D eigenvalue weighted by molar-refractivity contribution is 0.0755. The molecule has 1 amide bonds. The highest BCUT2D eigenvalue weighted by molar-refractivity contribution is 9.10. The molecule has 0 saturated heterocycles. The van der Waals surface area contributed by atoms with Crippen molar-refractivity contribution in [2.24, 2.45) is 0 Å². The maximum absolute atomic E-state index is 12.9. The Kier molecular flexibility index (Phi) is 8.52. The summed E-state index contributed by atoms with van der Waals surface area (Å²) < 4.78 is 34.4. The highest BCUT2D eigenvalue weighted by atomic mass is 79.9. The second kappa shape index (κ2) is 10.6.